The summed E-state index contributed by atoms with van der Waals surface area (Å²) in [6.45, 7) is 2.38. The average molecular weight is 322 g/mol. The van der Waals surface area contributed by atoms with Gasteiger partial charge in [-0.1, -0.05) is 30.3 Å². The molecule has 1 N–H and O–H groups in total. The van der Waals surface area contributed by atoms with E-state index in [1.54, 1.807) is 10.7 Å². The first-order valence-corrected chi connectivity index (χ1v) is 7.60. The number of anilines is 1. The molecule has 0 aliphatic rings. The van der Waals surface area contributed by atoms with E-state index in [-0.39, 0.29) is 10.6 Å². The van der Waals surface area contributed by atoms with E-state index in [0.717, 1.165) is 22.3 Å². The van der Waals surface area contributed by atoms with Crippen molar-refractivity contribution in [1.29, 1.82) is 0 Å². The molecular formula is C18H18N4O2. The van der Waals surface area contributed by atoms with E-state index in [1.807, 2.05) is 50.6 Å². The van der Waals surface area contributed by atoms with Gasteiger partial charge in [0.2, 0.25) is 0 Å². The van der Waals surface area contributed by atoms with Crippen LogP contribution in [-0.4, -0.2) is 14.7 Å². The lowest BCUT2D eigenvalue weighted by Crippen LogP contribution is -2.04. The predicted molar refractivity (Wildman–Crippen MR) is 93.8 cm³/mol. The fraction of sp³-hybridized carbons (Fsp3) is 0.167. The molecule has 0 radical (unpaired) electrons. The number of aromatic nitrogens is 2. The molecular weight excluding hydrogens is 304 g/mol. The third-order valence-electron chi connectivity index (χ3n) is 3.88. The molecule has 3 rings (SSSR count). The number of rotatable bonds is 5. The van der Waals surface area contributed by atoms with Crippen LogP contribution in [0.15, 0.2) is 54.9 Å². The largest absolute Gasteiger partial charge is 0.375 e. The van der Waals surface area contributed by atoms with Gasteiger partial charge in [-0.2, -0.15) is 5.10 Å². The molecule has 0 amide bonds. The van der Waals surface area contributed by atoms with Gasteiger partial charge in [-0.25, -0.2) is 0 Å². The maximum Gasteiger partial charge on any atom is 0.292 e. The summed E-state index contributed by atoms with van der Waals surface area (Å²) in [5, 5.41) is 18.6. The number of para-hydroxylation sites is 1. The summed E-state index contributed by atoms with van der Waals surface area (Å²) in [7, 11) is 1.88. The zero-order valence-electron chi connectivity index (χ0n) is 13.6. The molecule has 1 heterocycles. The molecule has 0 atom stereocenters. The second kappa shape index (κ2) is 6.54. The van der Waals surface area contributed by atoms with E-state index in [2.05, 4.69) is 16.5 Å². The van der Waals surface area contributed by atoms with Crippen LogP contribution in [0.4, 0.5) is 11.4 Å². The van der Waals surface area contributed by atoms with E-state index in [9.17, 15) is 10.1 Å². The van der Waals surface area contributed by atoms with Gasteiger partial charge in [-0.05, 0) is 29.7 Å². The van der Waals surface area contributed by atoms with Crippen molar-refractivity contribution in [2.75, 3.05) is 5.32 Å². The summed E-state index contributed by atoms with van der Waals surface area (Å²) in [6.07, 6.45) is 3.78. The van der Waals surface area contributed by atoms with Gasteiger partial charge in [-0.15, -0.1) is 0 Å². The smallest absolute Gasteiger partial charge is 0.292 e. The van der Waals surface area contributed by atoms with Gasteiger partial charge in [0.25, 0.3) is 5.69 Å². The Morgan fingerprint density at radius 1 is 1.21 bits per heavy atom. The number of hydrogen-bond acceptors (Lipinski definition) is 4. The van der Waals surface area contributed by atoms with E-state index in [4.69, 9.17) is 0 Å². The van der Waals surface area contributed by atoms with Crippen LogP contribution in [0.25, 0.3) is 11.1 Å². The Balaban J connectivity index is 1.82. The topological polar surface area (TPSA) is 73.0 Å². The van der Waals surface area contributed by atoms with Gasteiger partial charge < -0.3 is 5.32 Å². The van der Waals surface area contributed by atoms with Crippen molar-refractivity contribution in [1.82, 2.24) is 9.78 Å². The Morgan fingerprint density at radius 2 is 2.00 bits per heavy atom. The van der Waals surface area contributed by atoms with Crippen LogP contribution < -0.4 is 5.32 Å². The van der Waals surface area contributed by atoms with Crippen LogP contribution >= 0.6 is 0 Å². The third kappa shape index (κ3) is 3.27. The minimum Gasteiger partial charge on any atom is -0.375 e. The van der Waals surface area contributed by atoms with Gasteiger partial charge in [0.15, 0.2) is 0 Å². The number of nitro benzene ring substituents is 1. The first kappa shape index (κ1) is 15.7. The molecule has 0 fully saturated rings. The molecule has 0 aliphatic carbocycles. The third-order valence-corrected chi connectivity index (χ3v) is 3.88. The molecule has 0 aliphatic heterocycles. The molecule has 0 saturated carbocycles. The standard InChI is InChI=1S/C18H18N4O2/c1-13-5-3-8-17(22(23)24)18(13)19-10-14-6-4-7-15(9-14)16-11-20-21(2)12-16/h3-9,11-12,19H,10H2,1-2H3. The van der Waals surface area contributed by atoms with Crippen LogP contribution in [0.3, 0.4) is 0 Å². The lowest BCUT2D eigenvalue weighted by Gasteiger charge is -2.10. The number of benzene rings is 2. The summed E-state index contributed by atoms with van der Waals surface area (Å²) >= 11 is 0. The Bertz CT molecular complexity index is 886. The second-order valence-corrected chi connectivity index (χ2v) is 5.68. The molecule has 1 aromatic heterocycles. The molecule has 0 unspecified atom stereocenters. The maximum atomic E-state index is 11.2. The molecule has 0 bridgehead atoms. The van der Waals surface area contributed by atoms with E-state index < -0.39 is 0 Å². The molecule has 0 saturated heterocycles. The zero-order valence-corrected chi connectivity index (χ0v) is 13.6. The fourth-order valence-electron chi connectivity index (χ4n) is 2.66. The number of hydrogen-bond donors (Lipinski definition) is 1. The molecule has 122 valence electrons. The zero-order chi connectivity index (χ0) is 17.1. The quantitative estimate of drug-likeness (QED) is 0.571. The van der Waals surface area contributed by atoms with E-state index >= 15 is 0 Å². The second-order valence-electron chi connectivity index (χ2n) is 5.68. The van der Waals surface area contributed by atoms with Gasteiger partial charge in [0.05, 0.1) is 11.1 Å². The summed E-state index contributed by atoms with van der Waals surface area (Å²) in [4.78, 5) is 10.8. The summed E-state index contributed by atoms with van der Waals surface area (Å²) < 4.78 is 1.76. The fourth-order valence-corrected chi connectivity index (χ4v) is 2.66. The van der Waals surface area contributed by atoms with Crippen molar-refractivity contribution in [3.05, 3.63) is 76.1 Å². The minimum atomic E-state index is -0.360. The Kier molecular flexibility index (Phi) is 4.29. The van der Waals surface area contributed by atoms with Crippen molar-refractivity contribution in [2.45, 2.75) is 13.5 Å². The highest BCUT2D eigenvalue weighted by Gasteiger charge is 2.15. The van der Waals surface area contributed by atoms with Crippen LogP contribution in [0.2, 0.25) is 0 Å². The maximum absolute atomic E-state index is 11.2. The molecule has 6 heteroatoms. The number of nitro groups is 1. The number of nitrogens with zero attached hydrogens (tertiary/aromatic N) is 3. The highest BCUT2D eigenvalue weighted by Crippen LogP contribution is 2.28. The van der Waals surface area contributed by atoms with Crippen molar-refractivity contribution < 1.29 is 4.92 Å². The number of aryl methyl sites for hydroxylation is 2. The highest BCUT2D eigenvalue weighted by molar-refractivity contribution is 5.67. The van der Waals surface area contributed by atoms with E-state index in [1.165, 1.54) is 6.07 Å². The Morgan fingerprint density at radius 3 is 2.71 bits per heavy atom. The van der Waals surface area contributed by atoms with Crippen molar-refractivity contribution in [2.24, 2.45) is 7.05 Å². The minimum absolute atomic E-state index is 0.0958. The first-order valence-electron chi connectivity index (χ1n) is 7.60. The summed E-state index contributed by atoms with van der Waals surface area (Å²) in [6, 6.07) is 13.1. The van der Waals surface area contributed by atoms with Crippen LogP contribution in [-0.2, 0) is 13.6 Å². The molecule has 24 heavy (non-hydrogen) atoms. The lowest BCUT2D eigenvalue weighted by atomic mass is 10.1. The lowest BCUT2D eigenvalue weighted by molar-refractivity contribution is -0.384. The van der Waals surface area contributed by atoms with Gasteiger partial charge in [0, 0.05) is 31.4 Å². The van der Waals surface area contributed by atoms with Crippen molar-refractivity contribution >= 4 is 11.4 Å². The molecule has 6 nitrogen and oxygen atoms in total. The normalized spacial score (nSPS) is 10.6. The van der Waals surface area contributed by atoms with Crippen LogP contribution in [0.5, 0.6) is 0 Å². The average Bonchev–Trinajstić information content (AvgIpc) is 3.00. The van der Waals surface area contributed by atoms with Gasteiger partial charge >= 0.3 is 0 Å². The Labute approximate surface area is 139 Å². The number of nitrogens with one attached hydrogen (secondary N) is 1. The van der Waals surface area contributed by atoms with E-state index in [0.29, 0.717) is 12.2 Å². The summed E-state index contributed by atoms with van der Waals surface area (Å²) in [5.41, 5.74) is 4.68. The van der Waals surface area contributed by atoms with Gasteiger partial charge in [0.1, 0.15) is 5.69 Å². The first-order chi connectivity index (χ1) is 11.5. The highest BCUT2D eigenvalue weighted by atomic mass is 16.6. The van der Waals surface area contributed by atoms with Crippen molar-refractivity contribution in [3.63, 3.8) is 0 Å². The van der Waals surface area contributed by atoms with Gasteiger partial charge in [-0.3, -0.25) is 14.8 Å². The SMILES string of the molecule is Cc1cccc([N+](=O)[O-])c1NCc1cccc(-c2cnn(C)c2)c1. The Hall–Kier alpha value is -3.15. The van der Waals surface area contributed by atoms with Crippen LogP contribution in [0, 0.1) is 17.0 Å². The van der Waals surface area contributed by atoms with Crippen LogP contribution in [0.1, 0.15) is 11.1 Å². The van der Waals surface area contributed by atoms with Crippen molar-refractivity contribution in [3.8, 4) is 11.1 Å². The molecule has 3 aromatic rings. The summed E-state index contributed by atoms with van der Waals surface area (Å²) in [5.74, 6) is 0. The molecule has 0 spiro atoms. The monoisotopic (exact) mass is 322 g/mol. The molecule has 2 aromatic carbocycles. The predicted octanol–water partition coefficient (Wildman–Crippen LogP) is 3.92.